The predicted molar refractivity (Wildman–Crippen MR) is 61.9 cm³/mol. The molecule has 1 N–H and O–H groups in total. The van der Waals surface area contributed by atoms with Gasteiger partial charge in [-0.05, 0) is 30.7 Å². The number of halogens is 1. The fourth-order valence-corrected chi connectivity index (χ4v) is 4.48. The van der Waals surface area contributed by atoms with Gasteiger partial charge in [0.2, 0.25) is 0 Å². The quantitative estimate of drug-likeness (QED) is 0.849. The summed E-state index contributed by atoms with van der Waals surface area (Å²) in [7, 11) is -3.36. The van der Waals surface area contributed by atoms with Gasteiger partial charge in [-0.15, -0.1) is 22.9 Å². The van der Waals surface area contributed by atoms with Gasteiger partial charge in [-0.25, -0.2) is 13.1 Å². The van der Waals surface area contributed by atoms with E-state index in [1.165, 1.54) is 11.3 Å². The maximum atomic E-state index is 11.9. The Labute approximate surface area is 98.5 Å². The van der Waals surface area contributed by atoms with Gasteiger partial charge in [0.15, 0.2) is 0 Å². The summed E-state index contributed by atoms with van der Waals surface area (Å²) < 4.78 is 26.9. The molecule has 0 radical (unpaired) electrons. The summed E-state index contributed by atoms with van der Waals surface area (Å²) in [5, 5.41) is 1.75. The van der Waals surface area contributed by atoms with Crippen molar-refractivity contribution in [2.75, 3.05) is 5.88 Å². The Hall–Kier alpha value is -0.100. The van der Waals surface area contributed by atoms with Gasteiger partial charge in [0.1, 0.15) is 4.21 Å². The maximum Gasteiger partial charge on any atom is 0.250 e. The molecule has 1 fully saturated rings. The molecule has 0 aliphatic heterocycles. The van der Waals surface area contributed by atoms with Crippen LogP contribution in [0.3, 0.4) is 0 Å². The highest BCUT2D eigenvalue weighted by Crippen LogP contribution is 2.34. The first-order chi connectivity index (χ1) is 7.08. The van der Waals surface area contributed by atoms with Crippen LogP contribution in [0.1, 0.15) is 19.3 Å². The molecule has 1 aromatic rings. The molecule has 0 bridgehead atoms. The van der Waals surface area contributed by atoms with Crippen molar-refractivity contribution >= 4 is 33.0 Å². The molecule has 1 aliphatic rings. The maximum absolute atomic E-state index is 11.9. The van der Waals surface area contributed by atoms with Crippen LogP contribution in [0.5, 0.6) is 0 Å². The molecular weight excluding hydrogens is 254 g/mol. The molecule has 0 amide bonds. The minimum absolute atomic E-state index is 0.345. The molecule has 0 spiro atoms. The lowest BCUT2D eigenvalue weighted by atomic mass is 9.79. The average molecular weight is 266 g/mol. The van der Waals surface area contributed by atoms with E-state index in [9.17, 15) is 8.42 Å². The van der Waals surface area contributed by atoms with Gasteiger partial charge in [-0.3, -0.25) is 0 Å². The summed E-state index contributed by atoms with van der Waals surface area (Å²) in [5.41, 5.74) is -0.398. The Kier molecular flexibility index (Phi) is 3.07. The first-order valence-corrected chi connectivity index (χ1v) is 7.61. The van der Waals surface area contributed by atoms with Gasteiger partial charge in [-0.2, -0.15) is 0 Å². The van der Waals surface area contributed by atoms with E-state index in [1.807, 2.05) is 0 Å². The number of thiophene rings is 1. The van der Waals surface area contributed by atoms with E-state index in [2.05, 4.69) is 4.72 Å². The van der Waals surface area contributed by atoms with E-state index in [1.54, 1.807) is 17.5 Å². The number of hydrogen-bond acceptors (Lipinski definition) is 3. The molecule has 0 saturated heterocycles. The van der Waals surface area contributed by atoms with E-state index in [0.717, 1.165) is 19.3 Å². The largest absolute Gasteiger partial charge is 0.250 e. The molecule has 1 aromatic heterocycles. The average Bonchev–Trinajstić information content (AvgIpc) is 2.64. The van der Waals surface area contributed by atoms with Crippen molar-refractivity contribution in [1.29, 1.82) is 0 Å². The topological polar surface area (TPSA) is 46.2 Å². The Morgan fingerprint density at radius 3 is 2.67 bits per heavy atom. The van der Waals surface area contributed by atoms with Gasteiger partial charge in [-0.1, -0.05) is 6.07 Å². The van der Waals surface area contributed by atoms with Crippen LogP contribution in [0.25, 0.3) is 0 Å². The molecule has 1 saturated carbocycles. The summed E-state index contributed by atoms with van der Waals surface area (Å²) in [6, 6.07) is 3.33. The van der Waals surface area contributed by atoms with Crippen molar-refractivity contribution < 1.29 is 8.42 Å². The SMILES string of the molecule is O=S(=O)(NC1(CCl)CCC1)c1cccs1. The van der Waals surface area contributed by atoms with E-state index in [4.69, 9.17) is 11.6 Å². The van der Waals surface area contributed by atoms with Gasteiger partial charge in [0.05, 0.1) is 0 Å². The molecule has 84 valence electrons. The van der Waals surface area contributed by atoms with Crippen LogP contribution in [0.2, 0.25) is 0 Å². The minimum atomic E-state index is -3.36. The van der Waals surface area contributed by atoms with Crippen molar-refractivity contribution in [3.05, 3.63) is 17.5 Å². The summed E-state index contributed by atoms with van der Waals surface area (Å²) >= 11 is 7.03. The lowest BCUT2D eigenvalue weighted by molar-refractivity contribution is 0.252. The van der Waals surface area contributed by atoms with Crippen LogP contribution in [0.15, 0.2) is 21.7 Å². The van der Waals surface area contributed by atoms with E-state index < -0.39 is 15.6 Å². The molecule has 1 aliphatic carbocycles. The number of rotatable bonds is 4. The molecule has 6 heteroatoms. The fourth-order valence-electron chi connectivity index (χ4n) is 1.62. The first-order valence-electron chi connectivity index (χ1n) is 4.71. The summed E-state index contributed by atoms with van der Waals surface area (Å²) in [6.45, 7) is 0. The number of hydrogen-bond donors (Lipinski definition) is 1. The molecule has 0 atom stereocenters. The summed E-state index contributed by atoms with van der Waals surface area (Å²) in [6.07, 6.45) is 2.71. The van der Waals surface area contributed by atoms with Crippen molar-refractivity contribution in [2.24, 2.45) is 0 Å². The predicted octanol–water partition coefficient (Wildman–Crippen LogP) is 2.19. The fraction of sp³-hybridized carbons (Fsp3) is 0.556. The van der Waals surface area contributed by atoms with Gasteiger partial charge in [0.25, 0.3) is 10.0 Å². The highest BCUT2D eigenvalue weighted by molar-refractivity contribution is 7.91. The van der Waals surface area contributed by atoms with Crippen molar-refractivity contribution in [1.82, 2.24) is 4.72 Å². The third-order valence-electron chi connectivity index (χ3n) is 2.68. The van der Waals surface area contributed by atoms with E-state index in [-0.39, 0.29) is 0 Å². The number of sulfonamides is 1. The molecule has 15 heavy (non-hydrogen) atoms. The smallest absolute Gasteiger partial charge is 0.206 e. The Morgan fingerprint density at radius 1 is 1.53 bits per heavy atom. The summed E-state index contributed by atoms with van der Waals surface area (Å²) in [5.74, 6) is 0.345. The highest BCUT2D eigenvalue weighted by atomic mass is 35.5. The molecular formula is C9H12ClNO2S2. The van der Waals surface area contributed by atoms with Crippen LogP contribution in [0.4, 0.5) is 0 Å². The van der Waals surface area contributed by atoms with E-state index >= 15 is 0 Å². The van der Waals surface area contributed by atoms with Crippen LogP contribution >= 0.6 is 22.9 Å². The summed E-state index contributed by atoms with van der Waals surface area (Å²) in [4.78, 5) is 0. The highest BCUT2D eigenvalue weighted by Gasteiger charge is 2.40. The molecule has 1 heterocycles. The standard InChI is InChI=1S/C9H12ClNO2S2/c10-7-9(4-2-5-9)11-15(12,13)8-3-1-6-14-8/h1,3,6,11H,2,4-5,7H2. The Morgan fingerprint density at radius 2 is 2.27 bits per heavy atom. The molecule has 3 nitrogen and oxygen atoms in total. The zero-order chi connectivity index (χ0) is 10.9. The van der Waals surface area contributed by atoms with Crippen molar-refractivity contribution in [3.8, 4) is 0 Å². The number of nitrogens with one attached hydrogen (secondary N) is 1. The van der Waals surface area contributed by atoms with Gasteiger partial charge in [0, 0.05) is 11.4 Å². The molecule has 0 unspecified atom stereocenters. The Bertz CT molecular complexity index is 417. The second-order valence-electron chi connectivity index (χ2n) is 3.81. The van der Waals surface area contributed by atoms with Crippen LogP contribution in [-0.2, 0) is 10.0 Å². The first kappa shape index (κ1) is 11.4. The van der Waals surface area contributed by atoms with Crippen LogP contribution in [0, 0.1) is 0 Å². The van der Waals surface area contributed by atoms with Gasteiger partial charge < -0.3 is 0 Å². The lowest BCUT2D eigenvalue weighted by Crippen LogP contribution is -2.54. The number of alkyl halides is 1. The van der Waals surface area contributed by atoms with Gasteiger partial charge >= 0.3 is 0 Å². The minimum Gasteiger partial charge on any atom is -0.206 e. The lowest BCUT2D eigenvalue weighted by Gasteiger charge is -2.40. The molecule has 2 rings (SSSR count). The van der Waals surface area contributed by atoms with Crippen molar-refractivity contribution in [2.45, 2.75) is 29.0 Å². The monoisotopic (exact) mass is 265 g/mol. The second kappa shape index (κ2) is 4.05. The van der Waals surface area contributed by atoms with Crippen molar-refractivity contribution in [3.63, 3.8) is 0 Å². The zero-order valence-corrected chi connectivity index (χ0v) is 10.5. The third kappa shape index (κ3) is 2.20. The zero-order valence-electron chi connectivity index (χ0n) is 8.07. The molecule has 0 aromatic carbocycles. The third-order valence-corrected chi connectivity index (χ3v) is 6.16. The van der Waals surface area contributed by atoms with E-state index in [0.29, 0.717) is 10.1 Å². The van der Waals surface area contributed by atoms with Crippen LogP contribution < -0.4 is 4.72 Å². The normalized spacial score (nSPS) is 19.8. The Balaban J connectivity index is 2.18. The van der Waals surface area contributed by atoms with Crippen LogP contribution in [-0.4, -0.2) is 19.8 Å². The second-order valence-corrected chi connectivity index (χ2v) is 6.93.